The molecular weight excluding hydrogens is 1020 g/mol. The van der Waals surface area contributed by atoms with E-state index in [0.29, 0.717) is 19.8 Å². The lowest BCUT2D eigenvalue weighted by Crippen LogP contribution is -2.42. The minimum absolute atomic E-state index is 0.0403. The van der Waals surface area contributed by atoms with Gasteiger partial charge in [0.2, 0.25) is 0 Å². The number of carbonyl (C=O) groups is 6. The zero-order chi connectivity index (χ0) is 53.5. The highest BCUT2D eigenvalue weighted by Crippen LogP contribution is 2.76. The number of nitrogens with zero attached hydrogens (tertiary/aromatic N) is 3. The first-order valence-electron chi connectivity index (χ1n) is 24.3. The summed E-state index contributed by atoms with van der Waals surface area (Å²) >= 11 is 0. The van der Waals surface area contributed by atoms with E-state index in [0.717, 1.165) is 0 Å². The molecule has 1 aliphatic heterocycles. The van der Waals surface area contributed by atoms with Gasteiger partial charge < -0.3 is 70.4 Å². The smallest absolute Gasteiger partial charge is 0.324 e. The highest BCUT2D eigenvalue weighted by atomic mass is 31.3. The quantitative estimate of drug-likeness (QED) is 0.0328. The van der Waals surface area contributed by atoms with Gasteiger partial charge in [-0.2, -0.15) is 13.5 Å². The summed E-state index contributed by atoms with van der Waals surface area (Å²) in [4.78, 5) is 81.6. The van der Waals surface area contributed by atoms with Crippen LogP contribution in [0.1, 0.15) is 81.6 Å². The van der Waals surface area contributed by atoms with Gasteiger partial charge in [-0.3, -0.25) is 28.8 Å². The Hall–Kier alpha value is -2.97. The first-order valence-corrected chi connectivity index (χ1v) is 29.1. The molecule has 0 bridgehead atoms. The van der Waals surface area contributed by atoms with Crippen molar-refractivity contribution < 1.29 is 99.2 Å². The van der Waals surface area contributed by atoms with Crippen LogP contribution in [0.4, 0.5) is 0 Å². The van der Waals surface area contributed by atoms with Crippen LogP contribution in [0.15, 0.2) is 13.5 Å². The Morgan fingerprint density at radius 1 is 0.319 bits per heavy atom. The lowest BCUT2D eigenvalue weighted by atomic mass is 10.2. The van der Waals surface area contributed by atoms with E-state index in [4.69, 9.17) is 84.0 Å². The molecule has 72 heavy (non-hydrogen) atoms. The summed E-state index contributed by atoms with van der Waals surface area (Å²) in [5.74, 6) is -5.32. The number of hydrogen-bond donors (Lipinski definition) is 3. The predicted molar refractivity (Wildman–Crippen MR) is 262 cm³/mol. The second-order valence-electron chi connectivity index (χ2n) is 14.2. The lowest BCUT2D eigenvalue weighted by molar-refractivity contribution is -0.151. The largest absolute Gasteiger partial charge is 0.466 e. The summed E-state index contributed by atoms with van der Waals surface area (Å²) < 4.78 is 101. The van der Waals surface area contributed by atoms with E-state index >= 15 is 0 Å². The third-order valence-electron chi connectivity index (χ3n) is 8.67. The van der Waals surface area contributed by atoms with E-state index in [-0.39, 0.29) is 119 Å². The van der Waals surface area contributed by atoms with Crippen LogP contribution in [0.5, 0.6) is 0 Å². The van der Waals surface area contributed by atoms with Crippen molar-refractivity contribution in [2.45, 2.75) is 99.7 Å². The van der Waals surface area contributed by atoms with Gasteiger partial charge in [-0.15, -0.1) is 0 Å². The van der Waals surface area contributed by atoms with Crippen molar-refractivity contribution in [3.63, 3.8) is 0 Å². The van der Waals surface area contributed by atoms with Crippen LogP contribution in [0.3, 0.4) is 0 Å². The number of carbonyl (C=O) groups excluding carboxylic acids is 6. The average molecular weight is 1100 g/mol. The van der Waals surface area contributed by atoms with Gasteiger partial charge >= 0.3 is 35.8 Å². The van der Waals surface area contributed by atoms with Crippen molar-refractivity contribution in [1.29, 1.82) is 0 Å². The van der Waals surface area contributed by atoms with E-state index in [1.807, 2.05) is 20.8 Å². The standard InChI is InChI=1S/C42H81N6O21P3/c1-10-55-19-22-58-25-28-67-70(43-34(40(52)64-16-7)31-37(49)61-13-4)46-71(68-29-26-59-23-20-56-11-2,44-35(41(53)65-17-8)32-38(50)62-14-5)48-72(47-70,69-30-27-60-24-21-57-12-3)45-36(42(54)66-18-9)33-39(51)63-15-6/h34-36,43-45H,10-33H2,1-9H3/t34-,35-,36-,70?,71?,72?/m0/s1. The molecule has 420 valence electrons. The maximum absolute atomic E-state index is 13.9. The molecule has 3 N–H and O–H groups in total. The minimum Gasteiger partial charge on any atom is -0.466 e. The second kappa shape index (κ2) is 40.4. The molecule has 0 saturated heterocycles. The summed E-state index contributed by atoms with van der Waals surface area (Å²) in [5.41, 5.74) is 0. The van der Waals surface area contributed by atoms with Crippen molar-refractivity contribution in [2.24, 2.45) is 13.5 Å². The molecule has 0 radical (unpaired) electrons. The summed E-state index contributed by atoms with van der Waals surface area (Å²) in [7, 11) is -13.5. The Labute approximate surface area is 424 Å². The van der Waals surface area contributed by atoms with E-state index in [1.54, 1.807) is 41.5 Å². The highest BCUT2D eigenvalue weighted by molar-refractivity contribution is 7.81. The number of rotatable bonds is 45. The zero-order valence-electron chi connectivity index (χ0n) is 43.5. The van der Waals surface area contributed by atoms with Gasteiger partial charge in [-0.05, 0) is 62.3 Å². The van der Waals surface area contributed by atoms with Crippen LogP contribution in [0.2, 0.25) is 0 Å². The number of esters is 6. The van der Waals surface area contributed by atoms with Crippen molar-refractivity contribution in [2.75, 3.05) is 139 Å². The fourth-order valence-corrected chi connectivity index (χ4v) is 16.6. The van der Waals surface area contributed by atoms with Gasteiger partial charge in [-0.1, -0.05) is 0 Å². The highest BCUT2D eigenvalue weighted by Gasteiger charge is 2.46. The fourth-order valence-electron chi connectivity index (χ4n) is 5.77. The topological polar surface area (TPSA) is 314 Å². The van der Waals surface area contributed by atoms with Crippen molar-refractivity contribution in [1.82, 2.24) is 15.3 Å². The Bertz CT molecular complexity index is 1550. The molecule has 0 amide bonds. The molecule has 0 aromatic heterocycles. The molecule has 0 spiro atoms. The summed E-state index contributed by atoms with van der Waals surface area (Å²) in [5, 5.41) is 9.11. The van der Waals surface area contributed by atoms with Crippen LogP contribution in [0, 0.1) is 0 Å². The van der Waals surface area contributed by atoms with Gasteiger partial charge in [0.25, 0.3) is 22.7 Å². The summed E-state index contributed by atoms with van der Waals surface area (Å²) in [6, 6.07) is -4.85. The van der Waals surface area contributed by atoms with Crippen molar-refractivity contribution in [3.8, 4) is 0 Å². The van der Waals surface area contributed by atoms with E-state index in [1.165, 1.54) is 0 Å². The third kappa shape index (κ3) is 28.1. The van der Waals surface area contributed by atoms with E-state index in [9.17, 15) is 28.8 Å². The first kappa shape index (κ1) is 67.0. The van der Waals surface area contributed by atoms with Gasteiger partial charge in [0.05, 0.1) is 138 Å². The average Bonchev–Trinajstić information content (AvgIpc) is 3.33. The van der Waals surface area contributed by atoms with Gasteiger partial charge in [-0.25, -0.2) is 15.3 Å². The Balaban J connectivity index is 4.75. The molecule has 0 aliphatic carbocycles. The molecular formula is C42H81N6O21P3. The SMILES string of the molecule is CCOCCOCCOP1(N[C@@H](CC(=O)OCC)C(=O)OCC)=NP(N[C@@H](CC(=O)OCC)C(=O)OCC)(OCCOCCOCC)=NP(N[C@@H](CC(=O)OCC)C(=O)OCC)(OCCOCCOCC)=N1. The normalized spacial score (nSPS) is 19.6. The van der Waals surface area contributed by atoms with E-state index < -0.39 is 96.0 Å². The maximum atomic E-state index is 13.9. The Morgan fingerprint density at radius 3 is 0.764 bits per heavy atom. The molecule has 0 unspecified atom stereocenters. The minimum atomic E-state index is -4.49. The van der Waals surface area contributed by atoms with Crippen molar-refractivity contribution >= 4 is 58.6 Å². The number of hydrogen-bond acceptors (Lipinski definition) is 27. The number of nitrogens with one attached hydrogen (secondary N) is 3. The molecule has 0 fully saturated rings. The second-order valence-corrected chi connectivity index (χ2v) is 21.1. The third-order valence-corrected chi connectivity index (χ3v) is 18.1. The van der Waals surface area contributed by atoms with Gasteiger partial charge in [0.1, 0.15) is 18.1 Å². The van der Waals surface area contributed by atoms with Gasteiger partial charge in [0, 0.05) is 19.8 Å². The van der Waals surface area contributed by atoms with Gasteiger partial charge in [0.15, 0.2) is 0 Å². The molecule has 1 heterocycles. The molecule has 1 rings (SSSR count). The van der Waals surface area contributed by atoms with E-state index in [2.05, 4.69) is 15.3 Å². The number of ether oxygens (including phenoxy) is 12. The van der Waals surface area contributed by atoms with Crippen molar-refractivity contribution in [3.05, 3.63) is 0 Å². The maximum Gasteiger partial charge on any atom is 0.324 e. The zero-order valence-corrected chi connectivity index (χ0v) is 46.1. The monoisotopic (exact) mass is 1100 g/mol. The lowest BCUT2D eigenvalue weighted by Gasteiger charge is -2.38. The van der Waals surface area contributed by atoms with Crippen LogP contribution in [-0.2, 0) is 99.2 Å². The Kier molecular flexibility index (Phi) is 37.6. The van der Waals surface area contributed by atoms with Crippen LogP contribution >= 0.6 is 22.7 Å². The molecule has 0 aromatic rings. The molecule has 27 nitrogen and oxygen atoms in total. The first-order chi connectivity index (χ1) is 34.7. The molecule has 1 aliphatic rings. The summed E-state index contributed by atoms with van der Waals surface area (Å²) in [6.45, 7) is 15.6. The molecule has 0 saturated carbocycles. The van der Waals surface area contributed by atoms with Crippen LogP contribution < -0.4 is 15.3 Å². The Morgan fingerprint density at radius 2 is 0.542 bits per heavy atom. The molecule has 30 heteroatoms. The molecule has 3 atom stereocenters. The fraction of sp³-hybridized carbons (Fsp3) is 0.857. The molecule has 0 aromatic carbocycles. The van der Waals surface area contributed by atoms with Crippen LogP contribution in [-0.4, -0.2) is 193 Å². The predicted octanol–water partition coefficient (Wildman–Crippen LogP) is 4.47. The van der Waals surface area contributed by atoms with Crippen LogP contribution in [0.25, 0.3) is 0 Å². The summed E-state index contributed by atoms with van der Waals surface area (Å²) in [6.07, 6.45) is -1.93.